The third kappa shape index (κ3) is 5.46. The van der Waals surface area contributed by atoms with Crippen LogP contribution in [0.4, 0.5) is 5.82 Å². The van der Waals surface area contributed by atoms with Gasteiger partial charge in [-0.05, 0) is 48.8 Å². The van der Waals surface area contributed by atoms with Gasteiger partial charge in [0, 0.05) is 44.6 Å². The lowest BCUT2D eigenvalue weighted by Gasteiger charge is -2.42. The summed E-state index contributed by atoms with van der Waals surface area (Å²) in [6, 6.07) is 12.2. The molecular weight excluding hydrogens is 504 g/mol. The minimum atomic E-state index is -0.833. The summed E-state index contributed by atoms with van der Waals surface area (Å²) in [6.45, 7) is 5.37. The number of hydrogen-bond acceptors (Lipinski definition) is 7. The minimum Gasteiger partial charge on any atom is -0.373 e. The molecule has 9 nitrogen and oxygen atoms in total. The van der Waals surface area contributed by atoms with Crippen LogP contribution < -0.4 is 4.90 Å². The number of amides is 1. The van der Waals surface area contributed by atoms with E-state index in [1.54, 1.807) is 9.47 Å². The first-order chi connectivity index (χ1) is 19.3. The van der Waals surface area contributed by atoms with Gasteiger partial charge in [0.05, 0.1) is 17.5 Å². The summed E-state index contributed by atoms with van der Waals surface area (Å²) in [5.74, 6) is 1.28. The van der Waals surface area contributed by atoms with Gasteiger partial charge in [-0.2, -0.15) is 5.26 Å². The van der Waals surface area contributed by atoms with Gasteiger partial charge in [0.15, 0.2) is 0 Å². The number of ketones is 1. The summed E-state index contributed by atoms with van der Waals surface area (Å²) >= 11 is 0. The number of likely N-dealkylation sites (N-methyl/N-ethyl adjacent to an activating group) is 1. The number of aliphatic hydroxyl groups is 1. The van der Waals surface area contributed by atoms with Gasteiger partial charge in [-0.1, -0.05) is 38.1 Å². The highest BCUT2D eigenvalue weighted by molar-refractivity contribution is 5.88. The summed E-state index contributed by atoms with van der Waals surface area (Å²) in [6.07, 6.45) is 6.76. The number of nitriles is 1. The van der Waals surface area contributed by atoms with E-state index >= 15 is 0 Å². The second-order valence-corrected chi connectivity index (χ2v) is 11.5. The molecule has 0 spiro atoms. The monoisotopic (exact) mass is 542 g/mol. The summed E-state index contributed by atoms with van der Waals surface area (Å²) in [4.78, 5) is 37.4. The second kappa shape index (κ2) is 11.8. The van der Waals surface area contributed by atoms with Crippen molar-refractivity contribution in [3.05, 3.63) is 54.0 Å². The van der Waals surface area contributed by atoms with Gasteiger partial charge in [-0.15, -0.1) is 0 Å². The van der Waals surface area contributed by atoms with Crippen molar-refractivity contribution in [2.24, 2.45) is 11.8 Å². The highest BCUT2D eigenvalue weighted by Gasteiger charge is 2.33. The predicted molar refractivity (Wildman–Crippen MR) is 152 cm³/mol. The lowest BCUT2D eigenvalue weighted by molar-refractivity contribution is -0.131. The quantitative estimate of drug-likeness (QED) is 0.453. The third-order valence-corrected chi connectivity index (χ3v) is 8.97. The van der Waals surface area contributed by atoms with E-state index in [2.05, 4.69) is 33.9 Å². The number of carbonyl (C=O) groups excluding carboxylic acids is 2. The Labute approximate surface area is 235 Å². The van der Waals surface area contributed by atoms with Crippen LogP contribution in [0.5, 0.6) is 0 Å². The molecule has 3 heterocycles. The van der Waals surface area contributed by atoms with Crippen LogP contribution in [0.15, 0.2) is 42.9 Å². The standard InChI is InChI=1S/C31H38N6O3/c1-20-12-15-36(28(39)11-14-32)18-26(20)35(3)29-25-13-16-37(30(25)34-19-33-29)31(40)21(2)23-9-7-22(8-10-23)17-24-5-4-6-27(24)38/h7-10,13,16,19-21,24,26,31,40H,4-6,11-12,15,17-18H2,1-3H3/t20-,21?,24?,26+,31?/m1/s1. The lowest BCUT2D eigenvalue weighted by atomic mass is 9.92. The highest BCUT2D eigenvalue weighted by atomic mass is 16.3. The van der Waals surface area contributed by atoms with Crippen molar-refractivity contribution in [2.45, 2.75) is 70.6 Å². The summed E-state index contributed by atoms with van der Waals surface area (Å²) in [5, 5.41) is 21.2. The van der Waals surface area contributed by atoms with E-state index in [0.29, 0.717) is 36.9 Å². The van der Waals surface area contributed by atoms with Crippen molar-refractivity contribution in [3.63, 3.8) is 0 Å². The fraction of sp³-hybridized carbons (Fsp3) is 0.516. The number of benzene rings is 1. The largest absolute Gasteiger partial charge is 0.373 e. The highest BCUT2D eigenvalue weighted by Crippen LogP contribution is 2.34. The van der Waals surface area contributed by atoms with Crippen molar-refractivity contribution in [1.82, 2.24) is 19.4 Å². The van der Waals surface area contributed by atoms with Crippen molar-refractivity contribution < 1.29 is 14.7 Å². The molecule has 0 radical (unpaired) electrons. The molecule has 2 aromatic heterocycles. The van der Waals surface area contributed by atoms with Crippen molar-refractivity contribution in [3.8, 4) is 6.07 Å². The molecule has 1 aliphatic carbocycles. The van der Waals surface area contributed by atoms with Crippen LogP contribution in [-0.2, 0) is 16.0 Å². The van der Waals surface area contributed by atoms with Gasteiger partial charge in [0.1, 0.15) is 36.2 Å². The van der Waals surface area contributed by atoms with Crippen LogP contribution in [0.1, 0.15) is 69.2 Å². The molecule has 40 heavy (non-hydrogen) atoms. The Morgan fingerprint density at radius 3 is 2.70 bits per heavy atom. The fourth-order valence-electron chi connectivity index (χ4n) is 6.33. The van der Waals surface area contributed by atoms with Crippen LogP contribution in [0.2, 0.25) is 0 Å². The number of piperidine rings is 1. The molecule has 3 aromatic rings. The minimum absolute atomic E-state index is 0.0414. The molecule has 1 aliphatic heterocycles. The Morgan fingerprint density at radius 2 is 2.00 bits per heavy atom. The van der Waals surface area contributed by atoms with Crippen molar-refractivity contribution in [2.75, 3.05) is 25.0 Å². The van der Waals surface area contributed by atoms with Gasteiger partial charge in [-0.25, -0.2) is 9.97 Å². The van der Waals surface area contributed by atoms with Crippen LogP contribution >= 0.6 is 0 Å². The number of hydrogen-bond donors (Lipinski definition) is 1. The number of aromatic nitrogens is 3. The molecule has 2 aliphatic rings. The average molecular weight is 543 g/mol. The van der Waals surface area contributed by atoms with Gasteiger partial charge >= 0.3 is 0 Å². The van der Waals surface area contributed by atoms with Crippen LogP contribution in [0.3, 0.4) is 0 Å². The Hall–Kier alpha value is -3.77. The van der Waals surface area contributed by atoms with E-state index in [0.717, 1.165) is 48.0 Å². The average Bonchev–Trinajstić information content (AvgIpc) is 3.58. The zero-order valence-corrected chi connectivity index (χ0v) is 23.5. The number of anilines is 1. The third-order valence-electron chi connectivity index (χ3n) is 8.97. The molecule has 1 saturated heterocycles. The van der Waals surface area contributed by atoms with E-state index in [1.807, 2.05) is 44.4 Å². The first-order valence-corrected chi connectivity index (χ1v) is 14.3. The Balaban J connectivity index is 1.33. The molecule has 1 N–H and O–H groups in total. The summed E-state index contributed by atoms with van der Waals surface area (Å²) in [7, 11) is 1.98. The zero-order chi connectivity index (χ0) is 28.4. The molecule has 2 fully saturated rings. The van der Waals surface area contributed by atoms with Gasteiger partial charge in [0.2, 0.25) is 5.91 Å². The van der Waals surface area contributed by atoms with E-state index in [4.69, 9.17) is 5.26 Å². The molecule has 1 aromatic carbocycles. The molecular formula is C31H38N6O3. The Kier molecular flexibility index (Phi) is 8.17. The normalized spacial score (nSPS) is 22.7. The first-order valence-electron chi connectivity index (χ1n) is 14.3. The Morgan fingerprint density at radius 1 is 1.23 bits per heavy atom. The van der Waals surface area contributed by atoms with Crippen LogP contribution in [-0.4, -0.2) is 62.4 Å². The molecule has 1 amide bonds. The smallest absolute Gasteiger partial charge is 0.236 e. The SMILES string of the molecule is CC(c1ccc(CC2CCCC2=O)cc1)C(O)n1ccc2c(N(C)[C@H]3CN(C(=O)CC#N)CC[C@H]3C)ncnc21. The number of aliphatic hydroxyl groups excluding tert-OH is 1. The summed E-state index contributed by atoms with van der Waals surface area (Å²) < 4.78 is 1.79. The number of fused-ring (bicyclic) bond motifs is 1. The molecule has 9 heteroatoms. The van der Waals surface area contributed by atoms with Gasteiger partial charge in [-0.3, -0.25) is 9.59 Å². The van der Waals surface area contributed by atoms with Crippen molar-refractivity contribution in [1.29, 1.82) is 5.26 Å². The van der Waals surface area contributed by atoms with E-state index < -0.39 is 6.23 Å². The maximum absolute atomic E-state index is 12.4. The number of rotatable bonds is 8. The number of carbonyl (C=O) groups is 2. The molecule has 1 saturated carbocycles. The number of Topliss-reactive ketones (excluding diaryl/α,β-unsaturated/α-hetero) is 1. The van der Waals surface area contributed by atoms with Crippen molar-refractivity contribution >= 4 is 28.5 Å². The number of nitrogens with zero attached hydrogens (tertiary/aromatic N) is 6. The zero-order valence-electron chi connectivity index (χ0n) is 23.5. The fourth-order valence-corrected chi connectivity index (χ4v) is 6.33. The maximum Gasteiger partial charge on any atom is 0.236 e. The second-order valence-electron chi connectivity index (χ2n) is 11.5. The van der Waals surface area contributed by atoms with E-state index in [9.17, 15) is 14.7 Å². The lowest BCUT2D eigenvalue weighted by Crippen LogP contribution is -2.52. The van der Waals surface area contributed by atoms with Crippen LogP contribution in [0.25, 0.3) is 11.0 Å². The molecule has 3 unspecified atom stereocenters. The summed E-state index contributed by atoms with van der Waals surface area (Å²) in [5.41, 5.74) is 2.82. The predicted octanol–water partition coefficient (Wildman–Crippen LogP) is 4.22. The molecule has 0 bridgehead atoms. The molecule has 5 rings (SSSR count). The first kappa shape index (κ1) is 27.8. The van der Waals surface area contributed by atoms with E-state index in [1.165, 1.54) is 6.33 Å². The van der Waals surface area contributed by atoms with Gasteiger partial charge < -0.3 is 19.5 Å². The van der Waals surface area contributed by atoms with E-state index in [-0.39, 0.29) is 30.2 Å². The molecule has 210 valence electrons. The molecule has 5 atom stereocenters. The maximum atomic E-state index is 12.4. The topological polar surface area (TPSA) is 115 Å². The van der Waals surface area contributed by atoms with Crippen LogP contribution in [0, 0.1) is 23.2 Å². The Bertz CT molecular complexity index is 1410. The van der Waals surface area contributed by atoms with Gasteiger partial charge in [0.25, 0.3) is 0 Å². The number of likely N-dealkylation sites (tertiary alicyclic amines) is 1.